The van der Waals surface area contributed by atoms with Crippen LogP contribution in [-0.2, 0) is 11.2 Å². The Labute approximate surface area is 120 Å². The number of aryl methyl sites for hydroxylation is 1. The molecule has 0 saturated carbocycles. The van der Waals surface area contributed by atoms with E-state index in [1.54, 1.807) is 6.07 Å². The summed E-state index contributed by atoms with van der Waals surface area (Å²) >= 11 is 0. The van der Waals surface area contributed by atoms with Crippen LogP contribution in [-0.4, -0.2) is 19.0 Å². The molecule has 0 fully saturated rings. The normalized spacial score (nSPS) is 12.5. The lowest BCUT2D eigenvalue weighted by Crippen LogP contribution is -2.36. The summed E-state index contributed by atoms with van der Waals surface area (Å²) in [6.07, 6.45) is 1.51. The van der Waals surface area contributed by atoms with Gasteiger partial charge < -0.3 is 11.1 Å². The van der Waals surface area contributed by atoms with E-state index in [-0.39, 0.29) is 17.6 Å². The maximum atomic E-state index is 13.0. The SMILES string of the molecule is Cc1cc(F)ccc1CCNC(=O)C(CN)CC(C)C. The van der Waals surface area contributed by atoms with Crippen LogP contribution < -0.4 is 11.1 Å². The highest BCUT2D eigenvalue weighted by molar-refractivity contribution is 5.78. The highest BCUT2D eigenvalue weighted by atomic mass is 19.1. The molecule has 1 rings (SSSR count). The van der Waals surface area contributed by atoms with Gasteiger partial charge in [0.2, 0.25) is 5.91 Å². The summed E-state index contributed by atoms with van der Waals surface area (Å²) < 4.78 is 13.0. The van der Waals surface area contributed by atoms with E-state index in [4.69, 9.17) is 5.73 Å². The summed E-state index contributed by atoms with van der Waals surface area (Å²) in [5.74, 6) is 0.120. The fraction of sp³-hybridized carbons (Fsp3) is 0.562. The zero-order valence-electron chi connectivity index (χ0n) is 12.6. The number of hydrogen-bond acceptors (Lipinski definition) is 2. The molecule has 20 heavy (non-hydrogen) atoms. The predicted molar refractivity (Wildman–Crippen MR) is 79.9 cm³/mol. The highest BCUT2D eigenvalue weighted by Crippen LogP contribution is 2.12. The molecule has 0 aliphatic carbocycles. The summed E-state index contributed by atoms with van der Waals surface area (Å²) in [7, 11) is 0. The fourth-order valence-electron chi connectivity index (χ4n) is 2.28. The van der Waals surface area contributed by atoms with Gasteiger partial charge in [0, 0.05) is 13.1 Å². The number of nitrogens with two attached hydrogens (primary N) is 1. The maximum Gasteiger partial charge on any atom is 0.224 e. The largest absolute Gasteiger partial charge is 0.355 e. The summed E-state index contributed by atoms with van der Waals surface area (Å²) in [6, 6.07) is 4.73. The molecule has 1 aromatic carbocycles. The standard InChI is InChI=1S/C16H25FN2O/c1-11(2)8-14(10-18)16(20)19-7-6-13-4-5-15(17)9-12(13)3/h4-5,9,11,14H,6-8,10,18H2,1-3H3,(H,19,20). The lowest BCUT2D eigenvalue weighted by Gasteiger charge is -2.17. The third-order valence-corrected chi connectivity index (χ3v) is 3.41. The molecule has 1 aromatic rings. The van der Waals surface area contributed by atoms with Crippen LogP contribution in [0.1, 0.15) is 31.4 Å². The molecule has 112 valence electrons. The van der Waals surface area contributed by atoms with E-state index in [2.05, 4.69) is 19.2 Å². The van der Waals surface area contributed by atoms with Gasteiger partial charge in [0.1, 0.15) is 5.82 Å². The molecule has 4 heteroatoms. The van der Waals surface area contributed by atoms with E-state index >= 15 is 0 Å². The van der Waals surface area contributed by atoms with E-state index in [0.29, 0.717) is 25.4 Å². The maximum absolute atomic E-state index is 13.0. The molecule has 0 aliphatic heterocycles. The summed E-state index contributed by atoms with van der Waals surface area (Å²) in [5, 5.41) is 2.92. The Bertz CT molecular complexity index is 446. The second kappa shape index (κ2) is 8.00. The first-order valence-corrected chi connectivity index (χ1v) is 7.16. The van der Waals surface area contributed by atoms with Crippen molar-refractivity contribution in [3.05, 3.63) is 35.1 Å². The van der Waals surface area contributed by atoms with Crippen LogP contribution in [0, 0.1) is 24.6 Å². The van der Waals surface area contributed by atoms with Crippen molar-refractivity contribution in [1.29, 1.82) is 0 Å². The number of rotatable bonds is 7. The van der Waals surface area contributed by atoms with Crippen molar-refractivity contribution in [2.75, 3.05) is 13.1 Å². The average molecular weight is 280 g/mol. The molecule has 1 amide bonds. The van der Waals surface area contributed by atoms with E-state index in [0.717, 1.165) is 17.5 Å². The molecule has 3 N–H and O–H groups in total. The second-order valence-electron chi connectivity index (χ2n) is 5.67. The minimum Gasteiger partial charge on any atom is -0.355 e. The first-order valence-electron chi connectivity index (χ1n) is 7.16. The summed E-state index contributed by atoms with van der Waals surface area (Å²) in [4.78, 5) is 12.0. The highest BCUT2D eigenvalue weighted by Gasteiger charge is 2.17. The van der Waals surface area contributed by atoms with Crippen molar-refractivity contribution in [2.24, 2.45) is 17.6 Å². The van der Waals surface area contributed by atoms with Crippen molar-refractivity contribution in [3.63, 3.8) is 0 Å². The van der Waals surface area contributed by atoms with Gasteiger partial charge in [0.25, 0.3) is 0 Å². The monoisotopic (exact) mass is 280 g/mol. The van der Waals surface area contributed by atoms with E-state index < -0.39 is 0 Å². The van der Waals surface area contributed by atoms with Crippen molar-refractivity contribution in [1.82, 2.24) is 5.32 Å². The molecule has 3 nitrogen and oxygen atoms in total. The smallest absolute Gasteiger partial charge is 0.224 e. The van der Waals surface area contributed by atoms with Crippen LogP contribution in [0.4, 0.5) is 4.39 Å². The number of halogens is 1. The van der Waals surface area contributed by atoms with Gasteiger partial charge in [0.05, 0.1) is 5.92 Å². The molecule has 0 radical (unpaired) electrons. The number of benzene rings is 1. The Kier molecular flexibility index (Phi) is 6.65. The summed E-state index contributed by atoms with van der Waals surface area (Å²) in [5.41, 5.74) is 7.61. The number of hydrogen-bond donors (Lipinski definition) is 2. The van der Waals surface area contributed by atoms with Crippen LogP contribution in [0.25, 0.3) is 0 Å². The van der Waals surface area contributed by atoms with Crippen molar-refractivity contribution < 1.29 is 9.18 Å². The molecular formula is C16H25FN2O. The number of carbonyl (C=O) groups is 1. The average Bonchev–Trinajstić information content (AvgIpc) is 2.38. The quantitative estimate of drug-likeness (QED) is 0.806. The van der Waals surface area contributed by atoms with Crippen LogP contribution in [0.3, 0.4) is 0 Å². The minimum absolute atomic E-state index is 0.0148. The first-order chi connectivity index (χ1) is 9.43. The van der Waals surface area contributed by atoms with Crippen molar-refractivity contribution >= 4 is 5.91 Å². The Morgan fingerprint density at radius 3 is 2.65 bits per heavy atom. The molecule has 0 spiro atoms. The minimum atomic E-state index is -0.226. The summed E-state index contributed by atoms with van der Waals surface area (Å²) in [6.45, 7) is 6.97. The van der Waals surface area contributed by atoms with Gasteiger partial charge in [-0.25, -0.2) is 4.39 Å². The predicted octanol–water partition coefficient (Wildman–Crippen LogP) is 2.41. The topological polar surface area (TPSA) is 55.1 Å². The van der Waals surface area contributed by atoms with E-state index in [1.165, 1.54) is 12.1 Å². The molecule has 0 heterocycles. The Balaban J connectivity index is 2.44. The van der Waals surface area contributed by atoms with Crippen molar-refractivity contribution in [2.45, 2.75) is 33.6 Å². The number of carbonyl (C=O) groups excluding carboxylic acids is 1. The van der Waals surface area contributed by atoms with E-state index in [9.17, 15) is 9.18 Å². The van der Waals surface area contributed by atoms with Gasteiger partial charge in [-0.15, -0.1) is 0 Å². The van der Waals surface area contributed by atoms with Gasteiger partial charge in [-0.1, -0.05) is 19.9 Å². The first kappa shape index (κ1) is 16.6. The van der Waals surface area contributed by atoms with Gasteiger partial charge in [-0.2, -0.15) is 0 Å². The van der Waals surface area contributed by atoms with Crippen molar-refractivity contribution in [3.8, 4) is 0 Å². The van der Waals surface area contributed by atoms with Gasteiger partial charge in [-0.3, -0.25) is 4.79 Å². The second-order valence-corrected chi connectivity index (χ2v) is 5.67. The fourth-order valence-corrected chi connectivity index (χ4v) is 2.28. The number of amides is 1. The van der Waals surface area contributed by atoms with Crippen LogP contribution in [0.5, 0.6) is 0 Å². The zero-order chi connectivity index (χ0) is 15.1. The molecule has 1 atom stereocenters. The molecule has 0 bridgehead atoms. The van der Waals surface area contributed by atoms with E-state index in [1.807, 2.05) is 6.92 Å². The van der Waals surface area contributed by atoms with Crippen LogP contribution >= 0.6 is 0 Å². The molecule has 0 aromatic heterocycles. The van der Waals surface area contributed by atoms with Crippen LogP contribution in [0.2, 0.25) is 0 Å². The number of nitrogens with one attached hydrogen (secondary N) is 1. The Morgan fingerprint density at radius 2 is 2.10 bits per heavy atom. The third kappa shape index (κ3) is 5.29. The molecule has 0 aliphatic rings. The Hall–Kier alpha value is -1.42. The van der Waals surface area contributed by atoms with Crippen LogP contribution in [0.15, 0.2) is 18.2 Å². The third-order valence-electron chi connectivity index (χ3n) is 3.41. The lowest BCUT2D eigenvalue weighted by molar-refractivity contribution is -0.125. The zero-order valence-corrected chi connectivity index (χ0v) is 12.6. The Morgan fingerprint density at radius 1 is 1.40 bits per heavy atom. The molecule has 0 saturated heterocycles. The lowest BCUT2D eigenvalue weighted by atomic mass is 9.96. The molecule has 1 unspecified atom stereocenters. The van der Waals surface area contributed by atoms with Gasteiger partial charge in [-0.05, 0) is 48.9 Å². The van der Waals surface area contributed by atoms with Gasteiger partial charge in [0.15, 0.2) is 0 Å². The molecular weight excluding hydrogens is 255 g/mol. The van der Waals surface area contributed by atoms with Gasteiger partial charge >= 0.3 is 0 Å².